The van der Waals surface area contributed by atoms with E-state index < -0.39 is 0 Å². The van der Waals surface area contributed by atoms with E-state index in [1.807, 2.05) is 16.9 Å². The molecule has 0 bridgehead atoms. The molecule has 0 radical (unpaired) electrons. The topological polar surface area (TPSA) is 29.9 Å². The summed E-state index contributed by atoms with van der Waals surface area (Å²) in [7, 11) is 0. The van der Waals surface area contributed by atoms with Crippen molar-refractivity contribution >= 4 is 21.6 Å². The summed E-state index contributed by atoms with van der Waals surface area (Å²) in [4.78, 5) is 0. The molecule has 0 saturated heterocycles. The van der Waals surface area contributed by atoms with E-state index in [1.54, 1.807) is 0 Å². The maximum Gasteiger partial charge on any atom is 0.0539 e. The van der Waals surface area contributed by atoms with Crippen molar-refractivity contribution in [2.75, 3.05) is 5.32 Å². The summed E-state index contributed by atoms with van der Waals surface area (Å²) in [6.07, 6.45) is 4.01. The van der Waals surface area contributed by atoms with Crippen LogP contribution in [-0.2, 0) is 6.54 Å². The zero-order chi connectivity index (χ0) is 13.1. The van der Waals surface area contributed by atoms with Crippen LogP contribution in [0.5, 0.6) is 0 Å². The molecule has 0 spiro atoms. The molecular weight excluding hydrogens is 290 g/mol. The van der Waals surface area contributed by atoms with Gasteiger partial charge in [0.2, 0.25) is 0 Å². The van der Waals surface area contributed by atoms with E-state index in [1.165, 1.54) is 11.1 Å². The lowest BCUT2D eigenvalue weighted by molar-refractivity contribution is 0.532. The van der Waals surface area contributed by atoms with Gasteiger partial charge in [-0.2, -0.15) is 5.10 Å². The first kappa shape index (κ1) is 13.1. The minimum absolute atomic E-state index is 0.409. The van der Waals surface area contributed by atoms with Crippen molar-refractivity contribution in [3.05, 3.63) is 46.2 Å². The van der Waals surface area contributed by atoms with Crippen molar-refractivity contribution in [1.82, 2.24) is 9.78 Å². The summed E-state index contributed by atoms with van der Waals surface area (Å²) in [6, 6.07) is 6.59. The Morgan fingerprint density at radius 3 is 2.83 bits per heavy atom. The molecule has 4 heteroatoms. The van der Waals surface area contributed by atoms with Crippen LogP contribution in [0.3, 0.4) is 0 Å². The predicted octanol–water partition coefficient (Wildman–Crippen LogP) is 4.15. The average Bonchev–Trinajstić information content (AvgIpc) is 2.80. The molecule has 1 aromatic heterocycles. The number of hydrogen-bond acceptors (Lipinski definition) is 2. The molecule has 0 aliphatic carbocycles. The van der Waals surface area contributed by atoms with Crippen LogP contribution >= 0.6 is 15.9 Å². The predicted molar refractivity (Wildman–Crippen MR) is 78.8 cm³/mol. The van der Waals surface area contributed by atoms with Crippen LogP contribution < -0.4 is 5.32 Å². The Labute approximate surface area is 116 Å². The second kappa shape index (κ2) is 5.57. The third-order valence-corrected chi connectivity index (χ3v) is 3.79. The van der Waals surface area contributed by atoms with Gasteiger partial charge in [-0.15, -0.1) is 0 Å². The molecule has 0 fully saturated rings. The highest BCUT2D eigenvalue weighted by molar-refractivity contribution is 9.10. The first-order valence-corrected chi connectivity index (χ1v) is 6.89. The quantitative estimate of drug-likeness (QED) is 0.919. The van der Waals surface area contributed by atoms with Gasteiger partial charge >= 0.3 is 0 Å². The number of aromatic nitrogens is 2. The fraction of sp³-hybridized carbons (Fsp3) is 0.357. The van der Waals surface area contributed by atoms with Crippen LogP contribution in [-0.4, -0.2) is 9.78 Å². The summed E-state index contributed by atoms with van der Waals surface area (Å²) in [5.74, 6) is 0. The van der Waals surface area contributed by atoms with Crippen LogP contribution in [0.1, 0.15) is 31.0 Å². The largest absolute Gasteiger partial charge is 0.381 e. The van der Waals surface area contributed by atoms with Gasteiger partial charge < -0.3 is 5.32 Å². The second-order valence-corrected chi connectivity index (χ2v) is 5.54. The van der Waals surface area contributed by atoms with E-state index in [0.29, 0.717) is 6.04 Å². The lowest BCUT2D eigenvalue weighted by Gasteiger charge is -2.09. The van der Waals surface area contributed by atoms with Crippen LogP contribution in [0.15, 0.2) is 35.1 Å². The molecule has 0 atom stereocenters. The lowest BCUT2D eigenvalue weighted by Crippen LogP contribution is -2.02. The summed E-state index contributed by atoms with van der Waals surface area (Å²) in [5.41, 5.74) is 3.58. The molecule has 0 aliphatic rings. The van der Waals surface area contributed by atoms with Crippen molar-refractivity contribution in [3.63, 3.8) is 0 Å². The molecule has 2 rings (SSSR count). The highest BCUT2D eigenvalue weighted by atomic mass is 79.9. The van der Waals surface area contributed by atoms with Crippen LogP contribution in [0.25, 0.3) is 0 Å². The molecule has 0 amide bonds. The van der Waals surface area contributed by atoms with E-state index in [2.05, 4.69) is 65.4 Å². The van der Waals surface area contributed by atoms with Gasteiger partial charge in [0.05, 0.1) is 6.20 Å². The first-order valence-electron chi connectivity index (χ1n) is 6.10. The SMILES string of the molecule is Cc1c(Br)cccc1NCc1cnn(C(C)C)c1. The highest BCUT2D eigenvalue weighted by Gasteiger charge is 2.04. The van der Waals surface area contributed by atoms with Gasteiger partial charge in [-0.1, -0.05) is 22.0 Å². The second-order valence-electron chi connectivity index (χ2n) is 4.69. The number of anilines is 1. The van der Waals surface area contributed by atoms with Gasteiger partial charge in [0.1, 0.15) is 0 Å². The van der Waals surface area contributed by atoms with Gasteiger partial charge in [0, 0.05) is 34.5 Å². The van der Waals surface area contributed by atoms with Crippen LogP contribution in [0.4, 0.5) is 5.69 Å². The third-order valence-electron chi connectivity index (χ3n) is 2.93. The maximum absolute atomic E-state index is 4.34. The standard InChI is InChI=1S/C14H18BrN3/c1-10(2)18-9-12(8-17-18)7-16-14-6-4-5-13(15)11(14)3/h4-6,8-10,16H,7H2,1-3H3. The lowest BCUT2D eigenvalue weighted by atomic mass is 10.2. The molecule has 18 heavy (non-hydrogen) atoms. The fourth-order valence-corrected chi connectivity index (χ4v) is 2.11. The zero-order valence-corrected chi connectivity index (χ0v) is 12.5. The maximum atomic E-state index is 4.34. The van der Waals surface area contributed by atoms with Gasteiger partial charge in [0.15, 0.2) is 0 Å². The van der Waals surface area contributed by atoms with Gasteiger partial charge in [-0.3, -0.25) is 4.68 Å². The van der Waals surface area contributed by atoms with E-state index in [9.17, 15) is 0 Å². The van der Waals surface area contributed by atoms with E-state index >= 15 is 0 Å². The molecule has 2 aromatic rings. The Morgan fingerprint density at radius 1 is 1.39 bits per heavy atom. The number of halogens is 1. The monoisotopic (exact) mass is 307 g/mol. The molecule has 96 valence electrons. The molecule has 0 aliphatic heterocycles. The summed E-state index contributed by atoms with van der Waals surface area (Å²) in [5, 5.41) is 7.77. The average molecular weight is 308 g/mol. The Morgan fingerprint density at radius 2 is 2.17 bits per heavy atom. The highest BCUT2D eigenvalue weighted by Crippen LogP contribution is 2.23. The van der Waals surface area contributed by atoms with Gasteiger partial charge in [0.25, 0.3) is 0 Å². The van der Waals surface area contributed by atoms with Crippen molar-refractivity contribution in [2.24, 2.45) is 0 Å². The molecule has 1 N–H and O–H groups in total. The number of benzene rings is 1. The fourth-order valence-electron chi connectivity index (χ4n) is 1.75. The summed E-state index contributed by atoms with van der Waals surface area (Å²) >= 11 is 3.54. The Hall–Kier alpha value is -1.29. The number of hydrogen-bond donors (Lipinski definition) is 1. The molecule has 0 unspecified atom stereocenters. The summed E-state index contributed by atoms with van der Waals surface area (Å²) < 4.78 is 3.11. The minimum atomic E-state index is 0.409. The molecular formula is C14H18BrN3. The normalized spacial score (nSPS) is 10.9. The smallest absolute Gasteiger partial charge is 0.0539 e. The minimum Gasteiger partial charge on any atom is -0.381 e. The number of nitrogens with zero attached hydrogens (tertiary/aromatic N) is 2. The first-order chi connectivity index (χ1) is 8.58. The van der Waals surface area contributed by atoms with E-state index in [-0.39, 0.29) is 0 Å². The van der Waals surface area contributed by atoms with Crippen molar-refractivity contribution in [2.45, 2.75) is 33.4 Å². The van der Waals surface area contributed by atoms with Crippen LogP contribution in [0, 0.1) is 6.92 Å². The van der Waals surface area contributed by atoms with Gasteiger partial charge in [-0.05, 0) is 38.5 Å². The van der Waals surface area contributed by atoms with E-state index in [4.69, 9.17) is 0 Å². The van der Waals surface area contributed by atoms with Gasteiger partial charge in [-0.25, -0.2) is 0 Å². The van der Waals surface area contributed by atoms with Crippen molar-refractivity contribution in [3.8, 4) is 0 Å². The third kappa shape index (κ3) is 2.93. The van der Waals surface area contributed by atoms with Crippen molar-refractivity contribution in [1.29, 1.82) is 0 Å². The Balaban J connectivity index is 2.04. The molecule has 1 heterocycles. The molecule has 3 nitrogen and oxygen atoms in total. The Kier molecular flexibility index (Phi) is 4.07. The van der Waals surface area contributed by atoms with Crippen molar-refractivity contribution < 1.29 is 0 Å². The Bertz CT molecular complexity index is 532. The summed E-state index contributed by atoms with van der Waals surface area (Å²) in [6.45, 7) is 7.15. The number of rotatable bonds is 4. The molecule has 1 aromatic carbocycles. The zero-order valence-electron chi connectivity index (χ0n) is 10.9. The van der Waals surface area contributed by atoms with Crippen LogP contribution in [0.2, 0.25) is 0 Å². The molecule has 0 saturated carbocycles. The van der Waals surface area contributed by atoms with E-state index in [0.717, 1.165) is 16.7 Å². The number of nitrogens with one attached hydrogen (secondary N) is 1.